The first kappa shape index (κ1) is 17.0. The van der Waals surface area contributed by atoms with Gasteiger partial charge in [0.1, 0.15) is 5.75 Å². The maximum Gasteiger partial charge on any atom is 0.264 e. The Balaban J connectivity index is 1.56. The molecule has 0 saturated heterocycles. The van der Waals surface area contributed by atoms with Gasteiger partial charge in [-0.2, -0.15) is 0 Å². The molecule has 0 saturated carbocycles. The lowest BCUT2D eigenvalue weighted by Crippen LogP contribution is -2.34. The Hall–Kier alpha value is -2.89. The molecule has 25 heavy (non-hydrogen) atoms. The summed E-state index contributed by atoms with van der Waals surface area (Å²) in [4.78, 5) is 21.6. The van der Waals surface area contributed by atoms with E-state index in [1.165, 1.54) is 0 Å². The molecular weight excluding hydrogens is 318 g/mol. The van der Waals surface area contributed by atoms with Crippen LogP contribution < -0.4 is 10.1 Å². The number of para-hydroxylation sites is 1. The molecule has 2 aromatic rings. The molecule has 6 heteroatoms. The summed E-state index contributed by atoms with van der Waals surface area (Å²) >= 11 is 0. The van der Waals surface area contributed by atoms with Gasteiger partial charge >= 0.3 is 0 Å². The molecule has 1 atom stereocenters. The van der Waals surface area contributed by atoms with Crippen molar-refractivity contribution >= 4 is 11.6 Å². The maximum absolute atomic E-state index is 12.4. The van der Waals surface area contributed by atoms with E-state index in [4.69, 9.17) is 9.57 Å². The van der Waals surface area contributed by atoms with Crippen LogP contribution in [0.1, 0.15) is 31.4 Å². The third-order valence-corrected chi connectivity index (χ3v) is 3.76. The largest absolute Gasteiger partial charge is 0.491 e. The average Bonchev–Trinajstić information content (AvgIpc) is 3.11. The molecule has 1 aliphatic rings. The summed E-state index contributed by atoms with van der Waals surface area (Å²) in [5, 5.41) is 6.92. The van der Waals surface area contributed by atoms with E-state index in [2.05, 4.69) is 15.5 Å². The minimum atomic E-state index is -0.610. The molecule has 1 amide bonds. The third-order valence-electron chi connectivity index (χ3n) is 3.76. The van der Waals surface area contributed by atoms with Gasteiger partial charge in [-0.3, -0.25) is 9.78 Å². The number of rotatable bonds is 6. The third kappa shape index (κ3) is 4.35. The molecule has 0 unspecified atom stereocenters. The number of hydrogen-bond acceptors (Lipinski definition) is 5. The Labute approximate surface area is 146 Å². The molecule has 130 valence electrons. The van der Waals surface area contributed by atoms with Gasteiger partial charge in [-0.05, 0) is 32.0 Å². The number of aromatic nitrogens is 1. The minimum Gasteiger partial charge on any atom is -0.491 e. The molecule has 1 aromatic heterocycles. The number of nitrogens with one attached hydrogen (secondary N) is 1. The molecule has 0 fully saturated rings. The van der Waals surface area contributed by atoms with Crippen molar-refractivity contribution in [2.45, 2.75) is 39.0 Å². The zero-order chi connectivity index (χ0) is 17.6. The van der Waals surface area contributed by atoms with Gasteiger partial charge in [0.15, 0.2) is 0 Å². The van der Waals surface area contributed by atoms with Crippen LogP contribution >= 0.6 is 0 Å². The lowest BCUT2D eigenvalue weighted by molar-refractivity contribution is -0.131. The number of ether oxygens (including phenoxy) is 1. The van der Waals surface area contributed by atoms with E-state index in [1.807, 2.05) is 50.2 Å². The molecule has 2 heterocycles. The number of carbonyl (C=O) groups is 1. The zero-order valence-electron chi connectivity index (χ0n) is 14.3. The topological polar surface area (TPSA) is 72.8 Å². The van der Waals surface area contributed by atoms with Gasteiger partial charge < -0.3 is 14.9 Å². The first-order valence-corrected chi connectivity index (χ1v) is 8.29. The van der Waals surface area contributed by atoms with Crippen molar-refractivity contribution in [3.63, 3.8) is 0 Å². The van der Waals surface area contributed by atoms with Crippen LogP contribution in [0.4, 0.5) is 0 Å². The summed E-state index contributed by atoms with van der Waals surface area (Å²) in [5.41, 5.74) is 2.60. The van der Waals surface area contributed by atoms with Crippen molar-refractivity contribution in [3.8, 4) is 5.75 Å². The van der Waals surface area contributed by atoms with E-state index in [-0.39, 0.29) is 12.0 Å². The Bertz CT molecular complexity index is 760. The Morgan fingerprint density at radius 1 is 1.28 bits per heavy atom. The van der Waals surface area contributed by atoms with Crippen molar-refractivity contribution in [2.24, 2.45) is 5.16 Å². The summed E-state index contributed by atoms with van der Waals surface area (Å²) in [6.07, 6.45) is 3.29. The van der Waals surface area contributed by atoms with Crippen LogP contribution in [0.5, 0.6) is 5.75 Å². The predicted octanol–water partition coefficient (Wildman–Crippen LogP) is 2.68. The van der Waals surface area contributed by atoms with Crippen molar-refractivity contribution in [1.29, 1.82) is 0 Å². The molecular formula is C19H21N3O3. The van der Waals surface area contributed by atoms with Gasteiger partial charge in [0.2, 0.25) is 6.10 Å². The van der Waals surface area contributed by atoms with Crippen LogP contribution in [0.15, 0.2) is 53.9 Å². The number of carbonyl (C=O) groups excluding carboxylic acids is 1. The smallest absolute Gasteiger partial charge is 0.264 e. The highest BCUT2D eigenvalue weighted by Crippen LogP contribution is 2.20. The van der Waals surface area contributed by atoms with Crippen molar-refractivity contribution in [2.75, 3.05) is 0 Å². The van der Waals surface area contributed by atoms with Gasteiger partial charge in [-0.15, -0.1) is 0 Å². The second-order valence-electron chi connectivity index (χ2n) is 6.06. The first-order valence-electron chi connectivity index (χ1n) is 8.29. The number of amides is 1. The van der Waals surface area contributed by atoms with E-state index < -0.39 is 6.10 Å². The van der Waals surface area contributed by atoms with E-state index in [0.717, 1.165) is 22.6 Å². The van der Waals surface area contributed by atoms with Crippen LogP contribution in [0, 0.1) is 0 Å². The van der Waals surface area contributed by atoms with Gasteiger partial charge in [0, 0.05) is 36.5 Å². The highest BCUT2D eigenvalue weighted by Gasteiger charge is 2.28. The van der Waals surface area contributed by atoms with Crippen LogP contribution in [0.25, 0.3) is 0 Å². The lowest BCUT2D eigenvalue weighted by Gasteiger charge is -2.15. The van der Waals surface area contributed by atoms with E-state index in [9.17, 15) is 4.79 Å². The fraction of sp³-hybridized carbons (Fsp3) is 0.316. The highest BCUT2D eigenvalue weighted by atomic mass is 16.6. The number of hydrogen-bond donors (Lipinski definition) is 1. The van der Waals surface area contributed by atoms with Crippen LogP contribution in [-0.4, -0.2) is 28.8 Å². The van der Waals surface area contributed by atoms with E-state index in [0.29, 0.717) is 13.0 Å². The SMILES string of the molecule is CC(C)Oc1ccccc1CNC(=O)[C@@H]1CC(c2ccncc2)=NO1. The Morgan fingerprint density at radius 2 is 2.04 bits per heavy atom. The van der Waals surface area contributed by atoms with Gasteiger partial charge in [0.25, 0.3) is 5.91 Å². The Kier molecular flexibility index (Phi) is 5.28. The van der Waals surface area contributed by atoms with E-state index in [1.54, 1.807) is 12.4 Å². The van der Waals surface area contributed by atoms with Crippen LogP contribution in [0.3, 0.4) is 0 Å². The number of pyridine rings is 1. The van der Waals surface area contributed by atoms with Gasteiger partial charge in [0.05, 0.1) is 11.8 Å². The molecule has 0 radical (unpaired) electrons. The quantitative estimate of drug-likeness (QED) is 0.878. The zero-order valence-corrected chi connectivity index (χ0v) is 14.3. The predicted molar refractivity (Wildman–Crippen MR) is 94.3 cm³/mol. The monoisotopic (exact) mass is 339 g/mol. The summed E-state index contributed by atoms with van der Waals surface area (Å²) in [5.74, 6) is 0.589. The molecule has 1 N–H and O–H groups in total. The van der Waals surface area contributed by atoms with E-state index >= 15 is 0 Å². The molecule has 0 spiro atoms. The first-order chi connectivity index (χ1) is 12.1. The molecule has 0 aliphatic carbocycles. The van der Waals surface area contributed by atoms with Crippen LogP contribution in [0.2, 0.25) is 0 Å². The molecule has 1 aromatic carbocycles. The normalized spacial score (nSPS) is 16.3. The minimum absolute atomic E-state index is 0.0753. The molecule has 0 bridgehead atoms. The summed E-state index contributed by atoms with van der Waals surface area (Å²) in [6.45, 7) is 4.32. The standard InChI is InChI=1S/C19H21N3O3/c1-13(2)24-17-6-4-3-5-15(17)12-21-19(23)18-11-16(22-25-18)14-7-9-20-10-8-14/h3-10,13,18H,11-12H2,1-2H3,(H,21,23)/t18-/m0/s1. The van der Waals surface area contributed by atoms with Gasteiger partial charge in [-0.1, -0.05) is 23.4 Å². The van der Waals surface area contributed by atoms with Gasteiger partial charge in [-0.25, -0.2) is 0 Å². The fourth-order valence-corrected chi connectivity index (χ4v) is 2.55. The van der Waals surface area contributed by atoms with Crippen molar-refractivity contribution in [1.82, 2.24) is 10.3 Å². The number of benzene rings is 1. The average molecular weight is 339 g/mol. The second kappa shape index (κ2) is 7.79. The molecule has 6 nitrogen and oxygen atoms in total. The number of nitrogens with zero attached hydrogens (tertiary/aromatic N) is 2. The summed E-state index contributed by atoms with van der Waals surface area (Å²) in [6, 6.07) is 11.4. The second-order valence-corrected chi connectivity index (χ2v) is 6.06. The number of oxime groups is 1. The van der Waals surface area contributed by atoms with Crippen LogP contribution in [-0.2, 0) is 16.2 Å². The molecule has 3 rings (SSSR count). The summed E-state index contributed by atoms with van der Waals surface area (Å²) < 4.78 is 5.77. The highest BCUT2D eigenvalue weighted by molar-refractivity contribution is 6.03. The maximum atomic E-state index is 12.4. The van der Waals surface area contributed by atoms with Crippen molar-refractivity contribution in [3.05, 3.63) is 59.9 Å². The Morgan fingerprint density at radius 3 is 2.80 bits per heavy atom. The van der Waals surface area contributed by atoms with Crippen molar-refractivity contribution < 1.29 is 14.4 Å². The molecule has 1 aliphatic heterocycles. The summed E-state index contributed by atoms with van der Waals surface area (Å²) in [7, 11) is 0. The fourth-order valence-electron chi connectivity index (χ4n) is 2.55. The lowest BCUT2D eigenvalue weighted by atomic mass is 10.1.